The fraction of sp³-hybridized carbons (Fsp3) is 0.370. The number of rotatable bonds is 19. The molecule has 0 unspecified atom stereocenters. The third kappa shape index (κ3) is 20.6. The molecule has 2 saturated carbocycles. The van der Waals surface area contributed by atoms with Gasteiger partial charge in [0, 0.05) is 65.5 Å². The van der Waals surface area contributed by atoms with Gasteiger partial charge in [-0.3, -0.25) is 9.59 Å². The Kier molecular flexibility index (Phi) is 27.4. The second-order valence-corrected chi connectivity index (χ2v) is 23.5. The van der Waals surface area contributed by atoms with Gasteiger partial charge in [0.2, 0.25) is 23.0 Å². The predicted molar refractivity (Wildman–Crippen MR) is 302 cm³/mol. The summed E-state index contributed by atoms with van der Waals surface area (Å²) in [7, 11) is 16.3. The number of carbonyl (C=O) groups is 2. The SMILES string of the molecule is CCN(CC)CC.COc1cc(N)cc(C)c1OC.COc1cc(Nc2ncc(Br)c(Oc3ccccc3CC(=O)C3CC3)n2)cc(C)c1OC.O=C(Cc1ccccc1Oc1nc(Cl)ncc1Br)C1CC1.[Cl][Zn][Cl]. The van der Waals surface area contributed by atoms with Crippen LogP contribution in [0.3, 0.4) is 0 Å². The van der Waals surface area contributed by atoms with Crippen LogP contribution in [-0.4, -0.2) is 84.5 Å². The van der Waals surface area contributed by atoms with E-state index >= 15 is 0 Å². The first-order valence-electron chi connectivity index (χ1n) is 24.2. The van der Waals surface area contributed by atoms with Crippen molar-refractivity contribution in [3.63, 3.8) is 0 Å². The van der Waals surface area contributed by atoms with Crippen molar-refractivity contribution in [1.29, 1.82) is 0 Å². The van der Waals surface area contributed by atoms with Crippen LogP contribution in [0.5, 0.6) is 46.3 Å². The number of carbonyl (C=O) groups excluding carboxylic acids is 2. The van der Waals surface area contributed by atoms with Gasteiger partial charge in [0.1, 0.15) is 23.1 Å². The van der Waals surface area contributed by atoms with E-state index in [9.17, 15) is 9.59 Å². The van der Waals surface area contributed by atoms with Crippen molar-refractivity contribution in [3.8, 4) is 46.3 Å². The first kappa shape index (κ1) is 62.7. The molecule has 0 radical (unpaired) electrons. The van der Waals surface area contributed by atoms with E-state index in [1.807, 2.05) is 80.6 Å². The molecular formula is C54H64Br2Cl3N7O8Zn. The molecule has 2 heterocycles. The molecule has 2 aromatic heterocycles. The number of nitrogen functional groups attached to an aromatic ring is 1. The predicted octanol–water partition coefficient (Wildman–Crippen LogP) is 14.1. The molecule has 0 aliphatic heterocycles. The van der Waals surface area contributed by atoms with Crippen molar-refractivity contribution in [2.75, 3.05) is 59.1 Å². The molecule has 75 heavy (non-hydrogen) atoms. The number of para-hydroxylation sites is 2. The first-order valence-corrected chi connectivity index (χ1v) is 33.9. The summed E-state index contributed by atoms with van der Waals surface area (Å²) < 4.78 is 34.1. The van der Waals surface area contributed by atoms with E-state index < -0.39 is 15.1 Å². The number of aromatic nitrogens is 4. The van der Waals surface area contributed by atoms with Gasteiger partial charge in [0.25, 0.3) is 0 Å². The van der Waals surface area contributed by atoms with Crippen LogP contribution in [0.1, 0.15) is 68.7 Å². The van der Waals surface area contributed by atoms with Crippen molar-refractivity contribution in [2.45, 2.75) is 73.1 Å². The number of ether oxygens (including phenoxy) is 6. The van der Waals surface area contributed by atoms with Gasteiger partial charge in [-0.1, -0.05) is 57.2 Å². The number of hydrogen-bond donors (Lipinski definition) is 2. The van der Waals surface area contributed by atoms with Crippen LogP contribution in [0.15, 0.2) is 94.1 Å². The molecule has 6 aromatic rings. The minimum absolute atomic E-state index is 0.111. The fourth-order valence-corrected chi connectivity index (χ4v) is 7.95. The monoisotopic (exact) mass is 1270 g/mol. The molecule has 0 bridgehead atoms. The quantitative estimate of drug-likeness (QED) is 0.0443. The van der Waals surface area contributed by atoms with Gasteiger partial charge in [0.15, 0.2) is 23.0 Å². The topological polar surface area (TPSA) is 182 Å². The van der Waals surface area contributed by atoms with Gasteiger partial charge in [0.05, 0.1) is 43.6 Å². The summed E-state index contributed by atoms with van der Waals surface area (Å²) in [6.07, 6.45) is 7.90. The molecule has 0 spiro atoms. The molecular weight excluding hydrogens is 1210 g/mol. The van der Waals surface area contributed by atoms with E-state index in [-0.39, 0.29) is 28.7 Å². The molecule has 0 atom stereocenters. The van der Waals surface area contributed by atoms with Crippen LogP contribution < -0.4 is 39.5 Å². The Hall–Kier alpha value is -4.81. The van der Waals surface area contributed by atoms with Crippen molar-refractivity contribution < 1.29 is 53.2 Å². The Balaban J connectivity index is 0.000000241. The van der Waals surface area contributed by atoms with E-state index in [0.29, 0.717) is 73.9 Å². The number of hydrogen-bond acceptors (Lipinski definition) is 15. The number of nitrogens with two attached hydrogens (primary N) is 1. The zero-order valence-corrected chi connectivity index (χ0v) is 52.2. The van der Waals surface area contributed by atoms with Crippen LogP contribution in [0.25, 0.3) is 0 Å². The molecule has 400 valence electrons. The van der Waals surface area contributed by atoms with Crippen molar-refractivity contribution in [1.82, 2.24) is 24.8 Å². The summed E-state index contributed by atoms with van der Waals surface area (Å²) in [4.78, 5) is 43.4. The van der Waals surface area contributed by atoms with Crippen LogP contribution >= 0.6 is 62.8 Å². The second-order valence-electron chi connectivity index (χ2n) is 16.8. The van der Waals surface area contributed by atoms with Crippen LogP contribution in [-0.2, 0) is 37.6 Å². The molecule has 0 amide bonds. The Bertz CT molecular complexity index is 2790. The molecule has 8 rings (SSSR count). The average Bonchev–Trinajstić information content (AvgIpc) is 4.34. The molecule has 2 aliphatic carbocycles. The van der Waals surface area contributed by atoms with Gasteiger partial charge in [-0.25, -0.2) is 9.97 Å². The Morgan fingerprint density at radius 2 is 1.11 bits per heavy atom. The number of benzene rings is 4. The number of Topliss-reactive ketones (excluding diaryl/α,β-unsaturated/α-hetero) is 2. The van der Waals surface area contributed by atoms with Crippen molar-refractivity contribution >= 4 is 91.7 Å². The zero-order chi connectivity index (χ0) is 55.0. The fourth-order valence-electron chi connectivity index (χ4n) is 7.28. The molecule has 0 saturated heterocycles. The molecule has 2 aliphatic rings. The molecule has 15 nitrogen and oxygen atoms in total. The molecule has 3 N–H and O–H groups in total. The third-order valence-corrected chi connectivity index (χ3v) is 12.8. The summed E-state index contributed by atoms with van der Waals surface area (Å²) in [5.74, 6) is 5.94. The standard InChI is InChI=1S/C24H24BrN3O4.C15H12BrClN2O2.C9H13NO2.C6H15N.2ClH.Zn/c1-14-10-17(12-21(30-2)22(14)31-3)27-24-26-13-18(25)23(28-24)32-20-7-5-4-6-16(20)11-19(29)15-8-9-15;16-11-8-18-15(17)19-14(11)21-13-4-2-1-3-10(13)7-12(20)9-5-6-9;1-6-4-7(10)5-8(11-2)9(6)12-3;1-4-7(5-2)6-3;;;/h4-7,10,12-13,15H,8-9,11H2,1-3H3,(H,26,27,28);1-4,8-9H,5-7H2;4-5H,10H2,1-3H3;4-6H2,1-3H3;2*1H;/q;;;;;;+2/p-2. The van der Waals surface area contributed by atoms with Crippen molar-refractivity contribution in [2.24, 2.45) is 11.8 Å². The summed E-state index contributed by atoms with van der Waals surface area (Å²) >= 11 is 11.6. The summed E-state index contributed by atoms with van der Waals surface area (Å²) in [6, 6.07) is 22.3. The third-order valence-electron chi connectivity index (χ3n) is 11.5. The van der Waals surface area contributed by atoms with Gasteiger partial charge in [-0.05, 0) is 138 Å². The van der Waals surface area contributed by atoms with E-state index in [0.717, 1.165) is 59.4 Å². The number of methoxy groups -OCH3 is 4. The Morgan fingerprint density at radius 1 is 0.667 bits per heavy atom. The van der Waals surface area contributed by atoms with Gasteiger partial charge in [-0.2, -0.15) is 9.97 Å². The number of anilines is 3. The van der Waals surface area contributed by atoms with Gasteiger partial charge < -0.3 is 44.4 Å². The van der Waals surface area contributed by atoms with Crippen molar-refractivity contribution in [3.05, 3.63) is 122 Å². The van der Waals surface area contributed by atoms with Crippen LogP contribution in [0, 0.1) is 25.7 Å². The maximum atomic E-state index is 12.3. The van der Waals surface area contributed by atoms with E-state index in [1.165, 1.54) is 25.8 Å². The maximum absolute atomic E-state index is 12.3. The Labute approximate surface area is 478 Å². The van der Waals surface area contributed by atoms with Crippen LogP contribution in [0.4, 0.5) is 17.3 Å². The molecule has 21 heteroatoms. The van der Waals surface area contributed by atoms with Crippen LogP contribution in [0.2, 0.25) is 5.28 Å². The first-order chi connectivity index (χ1) is 36.1. The van der Waals surface area contributed by atoms with E-state index in [1.54, 1.807) is 40.7 Å². The summed E-state index contributed by atoms with van der Waals surface area (Å²) in [6.45, 7) is 14.0. The van der Waals surface area contributed by atoms with E-state index in [2.05, 4.69) is 82.8 Å². The van der Waals surface area contributed by atoms with E-state index in [4.69, 9.17) is 65.1 Å². The Morgan fingerprint density at radius 3 is 1.55 bits per heavy atom. The number of aryl methyl sites for hydroxylation is 2. The average molecular weight is 1270 g/mol. The summed E-state index contributed by atoms with van der Waals surface area (Å²) in [5.41, 5.74) is 10.7. The summed E-state index contributed by atoms with van der Waals surface area (Å²) in [5, 5.41) is 3.29. The number of nitrogens with one attached hydrogen (secondary N) is 1. The number of halogens is 5. The minimum atomic E-state index is -0.931. The second kappa shape index (κ2) is 32.7. The van der Waals surface area contributed by atoms with Gasteiger partial charge >= 0.3 is 34.5 Å². The number of ketones is 2. The molecule has 4 aromatic carbocycles. The number of nitrogens with zero attached hydrogens (tertiary/aromatic N) is 5. The normalized spacial score (nSPS) is 12.0. The zero-order valence-electron chi connectivity index (χ0n) is 43.8. The molecule has 2 fully saturated rings. The van der Waals surface area contributed by atoms with Gasteiger partial charge in [-0.15, -0.1) is 0 Å².